The van der Waals surface area contributed by atoms with Crippen molar-refractivity contribution in [2.24, 2.45) is 11.0 Å². The van der Waals surface area contributed by atoms with Gasteiger partial charge in [-0.15, -0.1) is 0 Å². The molecule has 2 amide bonds. The summed E-state index contributed by atoms with van der Waals surface area (Å²) >= 11 is 5.95. The Bertz CT molecular complexity index is 924. The van der Waals surface area contributed by atoms with Gasteiger partial charge in [0.1, 0.15) is 5.75 Å². The average Bonchev–Trinajstić information content (AvgIpc) is 3.22. The van der Waals surface area contributed by atoms with Crippen LogP contribution in [0.25, 0.3) is 0 Å². The minimum Gasteiger partial charge on any atom is -0.491 e. The number of nitrogens with zero attached hydrogens (tertiary/aromatic N) is 3. The zero-order valence-electron chi connectivity index (χ0n) is 19.5. The third kappa shape index (κ3) is 5.81. The van der Waals surface area contributed by atoms with Crippen LogP contribution < -0.4 is 10.1 Å². The molecule has 2 atom stereocenters. The van der Waals surface area contributed by atoms with Crippen LogP contribution in [0.2, 0.25) is 5.02 Å². The van der Waals surface area contributed by atoms with E-state index in [0.717, 1.165) is 30.1 Å². The first-order chi connectivity index (χ1) is 15.3. The fourth-order valence-corrected chi connectivity index (χ4v) is 4.18. The van der Waals surface area contributed by atoms with Crippen LogP contribution in [0.1, 0.15) is 40.2 Å². The fraction of sp³-hybridized carbons (Fsp3) is 0.440. The van der Waals surface area contributed by atoms with Gasteiger partial charge in [-0.3, -0.25) is 0 Å². The van der Waals surface area contributed by atoms with Gasteiger partial charge in [-0.1, -0.05) is 25.4 Å². The van der Waals surface area contributed by atoms with E-state index >= 15 is 0 Å². The van der Waals surface area contributed by atoms with Crippen LogP contribution in [-0.4, -0.2) is 53.4 Å². The molecule has 2 aromatic rings. The zero-order valence-corrected chi connectivity index (χ0v) is 20.3. The summed E-state index contributed by atoms with van der Waals surface area (Å²) in [6.07, 6.45) is 0.118. The van der Waals surface area contributed by atoms with Crippen molar-refractivity contribution in [2.45, 2.75) is 46.8 Å². The Morgan fingerprint density at radius 3 is 2.31 bits per heavy atom. The van der Waals surface area contributed by atoms with E-state index in [9.17, 15) is 4.79 Å². The largest absolute Gasteiger partial charge is 0.491 e. The number of benzene rings is 2. The number of halogens is 1. The third-order valence-electron chi connectivity index (χ3n) is 5.77. The molecule has 6 nitrogen and oxygen atoms in total. The maximum Gasteiger partial charge on any atom is 0.342 e. The number of carbonyl (C=O) groups excluding carboxylic acids is 1. The lowest BCUT2D eigenvalue weighted by Gasteiger charge is -2.31. The number of ether oxygens (including phenoxy) is 1. The average molecular weight is 457 g/mol. The van der Waals surface area contributed by atoms with E-state index in [1.54, 1.807) is 24.3 Å². The fourth-order valence-electron chi connectivity index (χ4n) is 4.05. The van der Waals surface area contributed by atoms with E-state index in [0.29, 0.717) is 17.3 Å². The summed E-state index contributed by atoms with van der Waals surface area (Å²) < 4.78 is 5.78. The molecule has 1 aliphatic heterocycles. The van der Waals surface area contributed by atoms with E-state index in [1.165, 1.54) is 5.01 Å². The summed E-state index contributed by atoms with van der Waals surface area (Å²) in [7, 11) is 0. The number of hydrazone groups is 1. The molecule has 1 aliphatic rings. The Balaban J connectivity index is 1.85. The molecule has 0 bridgehead atoms. The predicted molar refractivity (Wildman–Crippen MR) is 132 cm³/mol. The van der Waals surface area contributed by atoms with Crippen molar-refractivity contribution in [3.63, 3.8) is 0 Å². The van der Waals surface area contributed by atoms with Crippen LogP contribution in [0.4, 0.5) is 10.5 Å². The molecule has 0 aliphatic carbocycles. The molecule has 0 fully saturated rings. The first kappa shape index (κ1) is 24.1. The lowest BCUT2D eigenvalue weighted by molar-refractivity contribution is 0.178. The Morgan fingerprint density at radius 1 is 1.12 bits per heavy atom. The molecule has 32 heavy (non-hydrogen) atoms. The number of hydrogen-bond donors (Lipinski definition) is 1. The zero-order chi connectivity index (χ0) is 23.3. The number of nitrogens with one attached hydrogen (secondary N) is 1. The second-order valence-electron chi connectivity index (χ2n) is 8.26. The Morgan fingerprint density at radius 2 is 1.75 bits per heavy atom. The van der Waals surface area contributed by atoms with E-state index in [2.05, 4.69) is 31.0 Å². The quantitative estimate of drug-likeness (QED) is 0.552. The highest BCUT2D eigenvalue weighted by Crippen LogP contribution is 2.27. The molecule has 1 heterocycles. The van der Waals surface area contributed by atoms with Crippen molar-refractivity contribution in [1.82, 2.24) is 9.91 Å². The van der Waals surface area contributed by atoms with Gasteiger partial charge in [0.15, 0.2) is 0 Å². The summed E-state index contributed by atoms with van der Waals surface area (Å²) in [4.78, 5) is 15.4. The van der Waals surface area contributed by atoms with E-state index in [1.807, 2.05) is 38.1 Å². The van der Waals surface area contributed by atoms with Crippen molar-refractivity contribution >= 4 is 29.0 Å². The second-order valence-corrected chi connectivity index (χ2v) is 8.70. The van der Waals surface area contributed by atoms with Crippen molar-refractivity contribution in [3.05, 3.63) is 59.1 Å². The maximum absolute atomic E-state index is 13.0. The van der Waals surface area contributed by atoms with Gasteiger partial charge < -0.3 is 15.0 Å². The molecule has 0 saturated heterocycles. The lowest BCUT2D eigenvalue weighted by Crippen LogP contribution is -2.43. The first-order valence-corrected chi connectivity index (χ1v) is 11.6. The number of urea groups is 1. The SMILES string of the molecule is CCN(CC)C(C)[C@H]1CN(C(=O)Nc2ccc(Cl)cc2)N=C1c1ccc(OC(C)C)cc1. The van der Waals surface area contributed by atoms with Crippen molar-refractivity contribution in [3.8, 4) is 5.75 Å². The molecule has 172 valence electrons. The van der Waals surface area contributed by atoms with E-state index < -0.39 is 0 Å². The van der Waals surface area contributed by atoms with Gasteiger partial charge in [0.25, 0.3) is 0 Å². The summed E-state index contributed by atoms with van der Waals surface area (Å²) in [5.74, 6) is 0.927. The number of amides is 2. The highest BCUT2D eigenvalue weighted by molar-refractivity contribution is 6.30. The summed E-state index contributed by atoms with van der Waals surface area (Å²) in [5, 5.41) is 9.84. The monoisotopic (exact) mass is 456 g/mol. The smallest absolute Gasteiger partial charge is 0.342 e. The Hall–Kier alpha value is -2.57. The Kier molecular flexibility index (Phi) is 8.15. The van der Waals surface area contributed by atoms with Gasteiger partial charge in [0.05, 0.1) is 18.4 Å². The lowest BCUT2D eigenvalue weighted by atomic mass is 9.90. The van der Waals surface area contributed by atoms with Crippen LogP contribution >= 0.6 is 11.6 Å². The highest BCUT2D eigenvalue weighted by atomic mass is 35.5. The minimum absolute atomic E-state index is 0.0998. The van der Waals surface area contributed by atoms with Gasteiger partial charge in [-0.05, 0) is 88.0 Å². The predicted octanol–water partition coefficient (Wildman–Crippen LogP) is 5.73. The van der Waals surface area contributed by atoms with Crippen LogP contribution in [0, 0.1) is 5.92 Å². The van der Waals surface area contributed by atoms with Crippen LogP contribution in [0.3, 0.4) is 0 Å². The molecule has 0 aromatic heterocycles. The van der Waals surface area contributed by atoms with Crippen LogP contribution in [0.15, 0.2) is 53.6 Å². The summed E-state index contributed by atoms with van der Waals surface area (Å²) in [5.41, 5.74) is 2.62. The molecular formula is C25H33ClN4O2. The Labute approximate surface area is 196 Å². The molecular weight excluding hydrogens is 424 g/mol. The third-order valence-corrected chi connectivity index (χ3v) is 6.02. The van der Waals surface area contributed by atoms with Crippen molar-refractivity contribution < 1.29 is 9.53 Å². The summed E-state index contributed by atoms with van der Waals surface area (Å²) in [6.45, 7) is 13.0. The molecule has 7 heteroatoms. The van der Waals surface area contributed by atoms with Crippen molar-refractivity contribution in [1.29, 1.82) is 0 Å². The molecule has 2 aromatic carbocycles. The normalized spacial score (nSPS) is 16.9. The van der Waals surface area contributed by atoms with Gasteiger partial charge in [0, 0.05) is 22.7 Å². The molecule has 0 spiro atoms. The highest BCUT2D eigenvalue weighted by Gasteiger charge is 2.36. The summed E-state index contributed by atoms with van der Waals surface area (Å²) in [6, 6.07) is 15.0. The van der Waals surface area contributed by atoms with Crippen LogP contribution in [0.5, 0.6) is 5.75 Å². The number of rotatable bonds is 8. The molecule has 3 rings (SSSR count). The number of hydrogen-bond acceptors (Lipinski definition) is 4. The van der Waals surface area contributed by atoms with Gasteiger partial charge >= 0.3 is 6.03 Å². The molecule has 0 saturated carbocycles. The maximum atomic E-state index is 13.0. The van der Waals surface area contributed by atoms with Crippen LogP contribution in [-0.2, 0) is 0 Å². The van der Waals surface area contributed by atoms with Gasteiger partial charge in [0.2, 0.25) is 0 Å². The van der Waals surface area contributed by atoms with Gasteiger partial charge in [-0.25, -0.2) is 9.80 Å². The standard InChI is InChI=1S/C25H33ClN4O2/c1-6-29(7-2)18(5)23-16-30(25(31)27-21-12-10-20(26)11-13-21)28-24(23)19-8-14-22(15-9-19)32-17(3)4/h8-15,17-18,23H,6-7,16H2,1-5H3,(H,27,31)/t18?,23-/m1/s1. The molecule has 1 unspecified atom stereocenters. The minimum atomic E-state index is -0.251. The molecule has 0 radical (unpaired) electrons. The number of anilines is 1. The van der Waals surface area contributed by atoms with Crippen molar-refractivity contribution in [2.75, 3.05) is 25.0 Å². The topological polar surface area (TPSA) is 57.2 Å². The van der Waals surface area contributed by atoms with Gasteiger partial charge in [-0.2, -0.15) is 5.10 Å². The number of carbonyl (C=O) groups is 1. The molecule has 1 N–H and O–H groups in total. The van der Waals surface area contributed by atoms with E-state index in [-0.39, 0.29) is 24.1 Å². The second kappa shape index (κ2) is 10.8. The first-order valence-electron chi connectivity index (χ1n) is 11.3. The van der Waals surface area contributed by atoms with E-state index in [4.69, 9.17) is 21.4 Å².